The number of carbonyl (C=O) groups is 1. The molecule has 0 bridgehead atoms. The average Bonchev–Trinajstić information content (AvgIpc) is 3.33. The Morgan fingerprint density at radius 3 is 2.37 bits per heavy atom. The number of aromatic nitrogens is 5. The maximum atomic E-state index is 13.1. The molecule has 27 heavy (non-hydrogen) atoms. The first kappa shape index (κ1) is 16.6. The summed E-state index contributed by atoms with van der Waals surface area (Å²) >= 11 is 0. The summed E-state index contributed by atoms with van der Waals surface area (Å²) in [5.41, 5.74) is 3.28. The zero-order valence-corrected chi connectivity index (χ0v) is 14.4. The highest BCUT2D eigenvalue weighted by Gasteiger charge is 2.15. The van der Waals surface area contributed by atoms with Gasteiger partial charge in [0.1, 0.15) is 18.5 Å². The summed E-state index contributed by atoms with van der Waals surface area (Å²) in [4.78, 5) is 16.5. The van der Waals surface area contributed by atoms with Gasteiger partial charge in [0, 0.05) is 5.69 Å². The fourth-order valence-corrected chi connectivity index (χ4v) is 2.71. The molecule has 0 aliphatic rings. The number of benzene rings is 2. The van der Waals surface area contributed by atoms with Crippen molar-refractivity contribution in [2.24, 2.45) is 0 Å². The van der Waals surface area contributed by atoms with Crippen LogP contribution in [0.5, 0.6) is 0 Å². The maximum absolute atomic E-state index is 13.1. The van der Waals surface area contributed by atoms with Crippen molar-refractivity contribution in [2.45, 2.75) is 6.92 Å². The summed E-state index contributed by atoms with van der Waals surface area (Å²) in [6.07, 6.45) is 4.55. The molecule has 0 aliphatic heterocycles. The van der Waals surface area contributed by atoms with Crippen LogP contribution in [0.1, 0.15) is 16.1 Å². The van der Waals surface area contributed by atoms with Gasteiger partial charge in [-0.2, -0.15) is 10.2 Å². The van der Waals surface area contributed by atoms with E-state index in [9.17, 15) is 9.18 Å². The molecule has 0 spiro atoms. The molecule has 0 saturated carbocycles. The molecule has 0 unspecified atom stereocenters. The Kier molecular flexibility index (Phi) is 4.21. The van der Waals surface area contributed by atoms with Crippen LogP contribution >= 0.6 is 0 Å². The lowest BCUT2D eigenvalue weighted by Crippen LogP contribution is -2.13. The fraction of sp³-hybridized carbons (Fsp3) is 0.0526. The predicted octanol–water partition coefficient (Wildman–Crippen LogP) is 3.15. The number of halogens is 1. The van der Waals surface area contributed by atoms with E-state index in [-0.39, 0.29) is 11.7 Å². The molecule has 0 saturated heterocycles. The molecular formula is C19H15FN6O. The van der Waals surface area contributed by atoms with Crippen LogP contribution in [-0.2, 0) is 0 Å². The van der Waals surface area contributed by atoms with E-state index >= 15 is 0 Å². The highest BCUT2D eigenvalue weighted by atomic mass is 19.1. The Morgan fingerprint density at radius 2 is 1.70 bits per heavy atom. The van der Waals surface area contributed by atoms with E-state index in [1.54, 1.807) is 46.9 Å². The van der Waals surface area contributed by atoms with Crippen LogP contribution in [0.2, 0.25) is 0 Å². The van der Waals surface area contributed by atoms with Crippen LogP contribution in [0, 0.1) is 12.7 Å². The quantitative estimate of drug-likeness (QED) is 0.605. The van der Waals surface area contributed by atoms with Gasteiger partial charge in [0.25, 0.3) is 5.91 Å². The molecule has 7 nitrogen and oxygen atoms in total. The topological polar surface area (TPSA) is 77.6 Å². The standard InChI is InChI=1S/C19H15FN6O/c1-13-18(10-22-26(13)17-6-2-14(20)3-7-17)19(27)24-15-4-8-16(9-5-15)25-12-21-11-23-25/h2-12H,1H3,(H,24,27). The Bertz CT molecular complexity index is 1070. The summed E-state index contributed by atoms with van der Waals surface area (Å²) < 4.78 is 16.3. The van der Waals surface area contributed by atoms with Crippen LogP contribution < -0.4 is 5.32 Å². The second-order valence-corrected chi connectivity index (χ2v) is 5.87. The number of nitrogens with one attached hydrogen (secondary N) is 1. The molecule has 0 radical (unpaired) electrons. The maximum Gasteiger partial charge on any atom is 0.259 e. The summed E-state index contributed by atoms with van der Waals surface area (Å²) in [5, 5.41) is 11.1. The van der Waals surface area contributed by atoms with Gasteiger partial charge < -0.3 is 5.32 Å². The van der Waals surface area contributed by atoms with Crippen molar-refractivity contribution in [3.63, 3.8) is 0 Å². The second kappa shape index (κ2) is 6.83. The molecule has 134 valence electrons. The van der Waals surface area contributed by atoms with Crippen LogP contribution in [-0.4, -0.2) is 30.5 Å². The van der Waals surface area contributed by atoms with Gasteiger partial charge in [-0.15, -0.1) is 0 Å². The number of hydrogen-bond donors (Lipinski definition) is 1. The number of hydrogen-bond acceptors (Lipinski definition) is 4. The van der Waals surface area contributed by atoms with Crippen molar-refractivity contribution in [1.29, 1.82) is 0 Å². The van der Waals surface area contributed by atoms with Crippen molar-refractivity contribution < 1.29 is 9.18 Å². The SMILES string of the molecule is Cc1c(C(=O)Nc2ccc(-n3cncn3)cc2)cnn1-c1ccc(F)cc1. The van der Waals surface area contributed by atoms with E-state index in [4.69, 9.17) is 0 Å². The Labute approximate surface area is 154 Å². The van der Waals surface area contributed by atoms with E-state index in [1.165, 1.54) is 24.7 Å². The van der Waals surface area contributed by atoms with Gasteiger partial charge in [0.05, 0.1) is 28.8 Å². The molecule has 2 heterocycles. The van der Waals surface area contributed by atoms with Crippen LogP contribution in [0.25, 0.3) is 11.4 Å². The van der Waals surface area contributed by atoms with Gasteiger partial charge in [-0.05, 0) is 55.5 Å². The first-order chi connectivity index (χ1) is 13.1. The number of carbonyl (C=O) groups excluding carboxylic acids is 1. The second-order valence-electron chi connectivity index (χ2n) is 5.87. The minimum Gasteiger partial charge on any atom is -0.322 e. The smallest absolute Gasteiger partial charge is 0.259 e. The molecule has 1 N–H and O–H groups in total. The summed E-state index contributed by atoms with van der Waals surface area (Å²) in [5.74, 6) is -0.592. The summed E-state index contributed by atoms with van der Waals surface area (Å²) in [6, 6.07) is 13.2. The minimum absolute atomic E-state index is 0.269. The molecule has 2 aromatic heterocycles. The fourth-order valence-electron chi connectivity index (χ4n) is 2.71. The molecule has 2 aromatic carbocycles. The van der Waals surface area contributed by atoms with E-state index < -0.39 is 0 Å². The lowest BCUT2D eigenvalue weighted by molar-refractivity contribution is 0.102. The van der Waals surface area contributed by atoms with Crippen molar-refractivity contribution in [3.05, 3.63) is 84.5 Å². The Hall–Kier alpha value is -3.81. The molecule has 0 aliphatic carbocycles. The predicted molar refractivity (Wildman–Crippen MR) is 97.6 cm³/mol. The highest BCUT2D eigenvalue weighted by Crippen LogP contribution is 2.17. The monoisotopic (exact) mass is 362 g/mol. The summed E-state index contributed by atoms with van der Waals surface area (Å²) in [6.45, 7) is 1.79. The van der Waals surface area contributed by atoms with Gasteiger partial charge in [-0.25, -0.2) is 18.7 Å². The molecule has 0 atom stereocenters. The van der Waals surface area contributed by atoms with Crippen LogP contribution in [0.3, 0.4) is 0 Å². The van der Waals surface area contributed by atoms with Gasteiger partial charge in [-0.1, -0.05) is 0 Å². The normalized spacial score (nSPS) is 10.7. The van der Waals surface area contributed by atoms with E-state index in [1.807, 2.05) is 12.1 Å². The molecule has 1 amide bonds. The van der Waals surface area contributed by atoms with Gasteiger partial charge >= 0.3 is 0 Å². The molecule has 4 aromatic rings. The number of amides is 1. The first-order valence-corrected chi connectivity index (χ1v) is 8.19. The Balaban J connectivity index is 1.52. The molecule has 0 fully saturated rings. The Morgan fingerprint density at radius 1 is 1.00 bits per heavy atom. The van der Waals surface area contributed by atoms with Crippen LogP contribution in [0.15, 0.2) is 67.4 Å². The molecular weight excluding hydrogens is 347 g/mol. The van der Waals surface area contributed by atoms with Gasteiger partial charge in [0.2, 0.25) is 0 Å². The largest absolute Gasteiger partial charge is 0.322 e. The number of rotatable bonds is 4. The number of anilines is 1. The third kappa shape index (κ3) is 3.32. The highest BCUT2D eigenvalue weighted by molar-refractivity contribution is 6.05. The zero-order chi connectivity index (χ0) is 18.8. The minimum atomic E-state index is -0.323. The van der Waals surface area contributed by atoms with Gasteiger partial charge in [0.15, 0.2) is 0 Å². The van der Waals surface area contributed by atoms with Crippen molar-refractivity contribution in [3.8, 4) is 11.4 Å². The van der Waals surface area contributed by atoms with E-state index in [0.29, 0.717) is 22.6 Å². The summed E-state index contributed by atoms with van der Waals surface area (Å²) in [7, 11) is 0. The molecule has 4 rings (SSSR count). The van der Waals surface area contributed by atoms with Gasteiger partial charge in [-0.3, -0.25) is 4.79 Å². The van der Waals surface area contributed by atoms with E-state index in [0.717, 1.165) is 5.69 Å². The lowest BCUT2D eigenvalue weighted by atomic mass is 10.2. The number of nitrogens with zero attached hydrogens (tertiary/aromatic N) is 5. The molecule has 8 heteroatoms. The lowest BCUT2D eigenvalue weighted by Gasteiger charge is -2.07. The zero-order valence-electron chi connectivity index (χ0n) is 14.4. The van der Waals surface area contributed by atoms with Crippen molar-refractivity contribution in [1.82, 2.24) is 24.5 Å². The average molecular weight is 362 g/mol. The first-order valence-electron chi connectivity index (χ1n) is 8.19. The third-order valence-electron chi connectivity index (χ3n) is 4.13. The third-order valence-corrected chi connectivity index (χ3v) is 4.13. The van der Waals surface area contributed by atoms with E-state index in [2.05, 4.69) is 20.5 Å². The van der Waals surface area contributed by atoms with Crippen molar-refractivity contribution in [2.75, 3.05) is 5.32 Å². The van der Waals surface area contributed by atoms with Crippen LogP contribution in [0.4, 0.5) is 10.1 Å². The van der Waals surface area contributed by atoms with Crippen molar-refractivity contribution >= 4 is 11.6 Å².